The number of anilines is 1. The molecule has 0 saturated heterocycles. The normalized spacial score (nSPS) is 11.0. The molecule has 7 nitrogen and oxygen atoms in total. The van der Waals surface area contributed by atoms with Gasteiger partial charge in [0, 0.05) is 23.4 Å². The van der Waals surface area contributed by atoms with Gasteiger partial charge in [-0.3, -0.25) is 4.79 Å². The highest BCUT2D eigenvalue weighted by molar-refractivity contribution is 7.99. The highest BCUT2D eigenvalue weighted by atomic mass is 32.2. The summed E-state index contributed by atoms with van der Waals surface area (Å²) in [5, 5.41) is 16.4. The fourth-order valence-corrected chi connectivity index (χ4v) is 4.97. The van der Waals surface area contributed by atoms with Crippen LogP contribution in [-0.2, 0) is 4.79 Å². The second-order valence-corrected chi connectivity index (χ2v) is 9.02. The van der Waals surface area contributed by atoms with Crippen molar-refractivity contribution in [1.82, 2.24) is 25.2 Å². The van der Waals surface area contributed by atoms with Crippen LogP contribution in [0.1, 0.15) is 6.42 Å². The molecule has 32 heavy (non-hydrogen) atoms. The molecule has 0 aliphatic heterocycles. The molecule has 158 valence electrons. The highest BCUT2D eigenvalue weighted by Gasteiger charge is 2.11. The van der Waals surface area contributed by atoms with E-state index in [9.17, 15) is 4.79 Å². The molecule has 0 aliphatic rings. The van der Waals surface area contributed by atoms with Crippen LogP contribution in [0.15, 0.2) is 84.0 Å². The highest BCUT2D eigenvalue weighted by Crippen LogP contribution is 2.31. The summed E-state index contributed by atoms with van der Waals surface area (Å²) in [4.78, 5) is 17.2. The third-order valence-corrected chi connectivity index (χ3v) is 6.70. The smallest absolute Gasteiger partial charge is 0.225 e. The first-order chi connectivity index (χ1) is 15.8. The van der Waals surface area contributed by atoms with Crippen LogP contribution in [0.5, 0.6) is 0 Å². The first kappa shape index (κ1) is 20.3. The third kappa shape index (κ3) is 4.53. The Labute approximate surface area is 192 Å². The maximum atomic E-state index is 12.5. The fourth-order valence-electron chi connectivity index (χ4n) is 3.18. The largest absolute Gasteiger partial charge is 0.326 e. The number of nitrogens with zero attached hydrogens (tertiary/aromatic N) is 5. The molecule has 2 heterocycles. The number of aromatic nitrogens is 5. The van der Waals surface area contributed by atoms with Crippen LogP contribution >= 0.6 is 23.1 Å². The fraction of sp³-hybridized carbons (Fsp3) is 0.0870. The van der Waals surface area contributed by atoms with E-state index < -0.39 is 0 Å². The molecule has 9 heteroatoms. The molecule has 0 saturated carbocycles. The predicted octanol–water partition coefficient (Wildman–Crippen LogP) is 5.06. The number of carbonyl (C=O) groups excluding carboxylic acids is 1. The van der Waals surface area contributed by atoms with E-state index in [-0.39, 0.29) is 5.91 Å². The summed E-state index contributed by atoms with van der Waals surface area (Å²) in [6, 6.07) is 25.5. The first-order valence-corrected chi connectivity index (χ1v) is 11.8. The van der Waals surface area contributed by atoms with Crippen LogP contribution in [0.2, 0.25) is 0 Å². The van der Waals surface area contributed by atoms with Gasteiger partial charge >= 0.3 is 0 Å². The monoisotopic (exact) mass is 458 g/mol. The van der Waals surface area contributed by atoms with Crippen molar-refractivity contribution in [3.8, 4) is 16.3 Å². The molecular formula is C23H18N6OS2. The van der Waals surface area contributed by atoms with Crippen LogP contribution in [0.3, 0.4) is 0 Å². The van der Waals surface area contributed by atoms with Gasteiger partial charge in [-0.05, 0) is 46.8 Å². The Morgan fingerprint density at radius 2 is 1.84 bits per heavy atom. The summed E-state index contributed by atoms with van der Waals surface area (Å²) in [5.74, 6) is 0.508. The van der Waals surface area contributed by atoms with Gasteiger partial charge in [0.1, 0.15) is 5.01 Å². The van der Waals surface area contributed by atoms with Crippen molar-refractivity contribution >= 4 is 44.9 Å². The number of nitrogens with one attached hydrogen (secondary N) is 1. The quantitative estimate of drug-likeness (QED) is 0.343. The lowest BCUT2D eigenvalue weighted by molar-refractivity contribution is -0.115. The van der Waals surface area contributed by atoms with Crippen molar-refractivity contribution in [2.75, 3.05) is 11.1 Å². The topological polar surface area (TPSA) is 85.6 Å². The number of carbonyl (C=O) groups is 1. The molecular weight excluding hydrogens is 440 g/mol. The van der Waals surface area contributed by atoms with Gasteiger partial charge in [0.15, 0.2) is 0 Å². The second-order valence-electron chi connectivity index (χ2n) is 6.92. The number of hydrogen-bond acceptors (Lipinski definition) is 7. The molecule has 5 aromatic rings. The molecule has 0 bridgehead atoms. The van der Waals surface area contributed by atoms with E-state index in [0.29, 0.717) is 17.3 Å². The Balaban J connectivity index is 1.20. The number of hydrogen-bond donors (Lipinski definition) is 1. The van der Waals surface area contributed by atoms with E-state index >= 15 is 0 Å². The summed E-state index contributed by atoms with van der Waals surface area (Å²) in [5.41, 5.74) is 3.61. The minimum Gasteiger partial charge on any atom is -0.326 e. The lowest BCUT2D eigenvalue weighted by Crippen LogP contribution is -2.12. The van der Waals surface area contributed by atoms with Crippen molar-refractivity contribution < 1.29 is 4.79 Å². The predicted molar refractivity (Wildman–Crippen MR) is 128 cm³/mol. The zero-order valence-electron chi connectivity index (χ0n) is 16.9. The summed E-state index contributed by atoms with van der Waals surface area (Å²) in [6.07, 6.45) is 0.345. The van der Waals surface area contributed by atoms with E-state index in [4.69, 9.17) is 4.98 Å². The van der Waals surface area contributed by atoms with Gasteiger partial charge in [-0.2, -0.15) is 4.68 Å². The molecule has 5 rings (SSSR count). The summed E-state index contributed by atoms with van der Waals surface area (Å²) >= 11 is 3.09. The Morgan fingerprint density at radius 3 is 2.72 bits per heavy atom. The van der Waals surface area contributed by atoms with Crippen LogP contribution in [0.25, 0.3) is 26.5 Å². The van der Waals surface area contributed by atoms with E-state index in [2.05, 4.69) is 26.9 Å². The molecule has 1 amide bonds. The van der Waals surface area contributed by atoms with E-state index in [1.165, 1.54) is 11.8 Å². The van der Waals surface area contributed by atoms with Gasteiger partial charge in [0.05, 0.1) is 15.9 Å². The number of benzene rings is 3. The maximum absolute atomic E-state index is 12.5. The Morgan fingerprint density at radius 1 is 1.00 bits per heavy atom. The molecule has 0 atom stereocenters. The Kier molecular flexibility index (Phi) is 5.91. The van der Waals surface area contributed by atoms with Gasteiger partial charge in [-0.25, -0.2) is 4.98 Å². The molecule has 0 aliphatic carbocycles. The third-order valence-electron chi connectivity index (χ3n) is 4.69. The number of rotatable bonds is 7. The van der Waals surface area contributed by atoms with Gasteiger partial charge in [0.2, 0.25) is 11.1 Å². The standard InChI is InChI=1S/C23H18N6OS2/c30-21(13-14-31-23-26-27-28-29(23)18-9-2-1-3-10-18)24-17-8-6-7-16(15-17)22-25-19-11-4-5-12-20(19)32-22/h1-12,15H,13-14H2,(H,24,30). The number of thioether (sulfide) groups is 1. The molecule has 0 fully saturated rings. The van der Waals surface area contributed by atoms with Crippen molar-refractivity contribution in [3.63, 3.8) is 0 Å². The lowest BCUT2D eigenvalue weighted by atomic mass is 10.2. The Hall–Kier alpha value is -3.56. The van der Waals surface area contributed by atoms with E-state index in [1.807, 2.05) is 72.8 Å². The molecule has 0 radical (unpaired) electrons. The minimum atomic E-state index is -0.0577. The lowest BCUT2D eigenvalue weighted by Gasteiger charge is -2.07. The number of thiazole rings is 1. The summed E-state index contributed by atoms with van der Waals surface area (Å²) in [7, 11) is 0. The average Bonchev–Trinajstić information content (AvgIpc) is 3.47. The first-order valence-electron chi connectivity index (χ1n) is 9.99. The number of tetrazole rings is 1. The second kappa shape index (κ2) is 9.29. The van der Waals surface area contributed by atoms with Gasteiger partial charge in [-0.1, -0.05) is 54.2 Å². The minimum absolute atomic E-state index is 0.0577. The van der Waals surface area contributed by atoms with Gasteiger partial charge < -0.3 is 5.32 Å². The zero-order valence-corrected chi connectivity index (χ0v) is 18.5. The van der Waals surface area contributed by atoms with Gasteiger partial charge in [-0.15, -0.1) is 16.4 Å². The van der Waals surface area contributed by atoms with Crippen LogP contribution in [-0.4, -0.2) is 36.9 Å². The molecule has 0 spiro atoms. The van der Waals surface area contributed by atoms with E-state index in [0.717, 1.165) is 32.2 Å². The van der Waals surface area contributed by atoms with Crippen LogP contribution in [0, 0.1) is 0 Å². The SMILES string of the molecule is O=C(CCSc1nnnn1-c1ccccc1)Nc1cccc(-c2nc3ccccc3s2)c1. The van der Waals surface area contributed by atoms with Crippen LogP contribution < -0.4 is 5.32 Å². The van der Waals surface area contributed by atoms with E-state index in [1.54, 1.807) is 16.0 Å². The summed E-state index contributed by atoms with van der Waals surface area (Å²) in [6.45, 7) is 0. The van der Waals surface area contributed by atoms with Crippen molar-refractivity contribution in [1.29, 1.82) is 0 Å². The molecule has 1 N–H and O–H groups in total. The molecule has 2 aromatic heterocycles. The molecule has 3 aromatic carbocycles. The van der Waals surface area contributed by atoms with Crippen molar-refractivity contribution in [2.24, 2.45) is 0 Å². The summed E-state index contributed by atoms with van der Waals surface area (Å²) < 4.78 is 2.82. The van der Waals surface area contributed by atoms with Crippen molar-refractivity contribution in [2.45, 2.75) is 11.6 Å². The molecule has 0 unspecified atom stereocenters. The van der Waals surface area contributed by atoms with Crippen molar-refractivity contribution in [3.05, 3.63) is 78.9 Å². The van der Waals surface area contributed by atoms with Crippen LogP contribution in [0.4, 0.5) is 5.69 Å². The zero-order chi connectivity index (χ0) is 21.8. The van der Waals surface area contributed by atoms with Gasteiger partial charge in [0.25, 0.3) is 0 Å². The number of para-hydroxylation sites is 2. The number of fused-ring (bicyclic) bond motifs is 1. The number of amides is 1. The maximum Gasteiger partial charge on any atom is 0.225 e. The average molecular weight is 459 g/mol. The Bertz CT molecular complexity index is 1330.